The molecular formula is C13H17NO4. The maximum atomic E-state index is 11.3. The fourth-order valence-electron chi connectivity index (χ4n) is 1.09. The van der Waals surface area contributed by atoms with E-state index in [0.29, 0.717) is 18.2 Å². The minimum Gasteiger partial charge on any atom is -0.465 e. The molecule has 0 bridgehead atoms. The second-order valence-electron chi connectivity index (χ2n) is 4.15. The zero-order valence-electron chi connectivity index (χ0n) is 10.5. The van der Waals surface area contributed by atoms with Gasteiger partial charge in [0.25, 0.3) is 5.91 Å². The molecule has 0 radical (unpaired) electrons. The summed E-state index contributed by atoms with van der Waals surface area (Å²) in [7, 11) is 0. The standard InChI is InChI=1S/C13H17NO4/c1-10(2)8-14-12(15)9-18-13(16)6-5-11-4-3-7-17-11/h3-7,10H,8-9H2,1-2H3,(H,14,15). The lowest BCUT2D eigenvalue weighted by atomic mass is 10.2. The van der Waals surface area contributed by atoms with Crippen molar-refractivity contribution in [2.75, 3.05) is 13.2 Å². The number of rotatable bonds is 6. The molecule has 0 fully saturated rings. The largest absolute Gasteiger partial charge is 0.465 e. The van der Waals surface area contributed by atoms with E-state index in [9.17, 15) is 9.59 Å². The summed E-state index contributed by atoms with van der Waals surface area (Å²) in [4.78, 5) is 22.5. The molecule has 0 aliphatic rings. The molecule has 0 saturated heterocycles. The van der Waals surface area contributed by atoms with Gasteiger partial charge in [-0.1, -0.05) is 13.8 Å². The maximum Gasteiger partial charge on any atom is 0.331 e. The zero-order chi connectivity index (χ0) is 13.4. The van der Waals surface area contributed by atoms with E-state index in [1.807, 2.05) is 13.8 Å². The first-order chi connectivity index (χ1) is 8.58. The van der Waals surface area contributed by atoms with Crippen LogP contribution in [0.25, 0.3) is 6.08 Å². The summed E-state index contributed by atoms with van der Waals surface area (Å²) in [6.07, 6.45) is 4.20. The summed E-state index contributed by atoms with van der Waals surface area (Å²) in [5, 5.41) is 2.65. The van der Waals surface area contributed by atoms with Crippen molar-refractivity contribution < 1.29 is 18.7 Å². The highest BCUT2D eigenvalue weighted by atomic mass is 16.5. The molecule has 0 unspecified atom stereocenters. The van der Waals surface area contributed by atoms with Crippen molar-refractivity contribution in [3.63, 3.8) is 0 Å². The van der Waals surface area contributed by atoms with Gasteiger partial charge < -0.3 is 14.5 Å². The van der Waals surface area contributed by atoms with Crippen molar-refractivity contribution in [2.24, 2.45) is 5.92 Å². The Kier molecular flexibility index (Phi) is 5.70. The summed E-state index contributed by atoms with van der Waals surface area (Å²) in [5.74, 6) is 0.0363. The number of hydrogen-bond acceptors (Lipinski definition) is 4. The van der Waals surface area contributed by atoms with Crippen LogP contribution in [0.2, 0.25) is 0 Å². The molecule has 1 aromatic heterocycles. The molecule has 0 saturated carbocycles. The van der Waals surface area contributed by atoms with Gasteiger partial charge in [0, 0.05) is 12.6 Å². The van der Waals surface area contributed by atoms with E-state index in [-0.39, 0.29) is 12.5 Å². The second kappa shape index (κ2) is 7.32. The molecule has 98 valence electrons. The van der Waals surface area contributed by atoms with Gasteiger partial charge in [0.15, 0.2) is 6.61 Å². The molecule has 5 nitrogen and oxygen atoms in total. The van der Waals surface area contributed by atoms with Crippen LogP contribution in [0.3, 0.4) is 0 Å². The average Bonchev–Trinajstić information content (AvgIpc) is 2.84. The van der Waals surface area contributed by atoms with Crippen LogP contribution in [0.15, 0.2) is 28.9 Å². The Hall–Kier alpha value is -2.04. The highest BCUT2D eigenvalue weighted by Gasteiger charge is 2.05. The van der Waals surface area contributed by atoms with Crippen molar-refractivity contribution >= 4 is 18.0 Å². The maximum absolute atomic E-state index is 11.3. The Labute approximate surface area is 106 Å². The van der Waals surface area contributed by atoms with Crippen LogP contribution < -0.4 is 5.32 Å². The van der Waals surface area contributed by atoms with Crippen LogP contribution in [0.1, 0.15) is 19.6 Å². The van der Waals surface area contributed by atoms with E-state index in [4.69, 9.17) is 9.15 Å². The van der Waals surface area contributed by atoms with E-state index < -0.39 is 5.97 Å². The average molecular weight is 251 g/mol. The number of nitrogens with one attached hydrogen (secondary N) is 1. The van der Waals surface area contributed by atoms with Gasteiger partial charge in [-0.3, -0.25) is 4.79 Å². The lowest BCUT2D eigenvalue weighted by Gasteiger charge is -2.07. The molecule has 0 spiro atoms. The number of hydrogen-bond donors (Lipinski definition) is 1. The van der Waals surface area contributed by atoms with Gasteiger partial charge >= 0.3 is 5.97 Å². The van der Waals surface area contributed by atoms with Gasteiger partial charge in [-0.15, -0.1) is 0 Å². The number of esters is 1. The summed E-state index contributed by atoms with van der Waals surface area (Å²) in [5.41, 5.74) is 0. The van der Waals surface area contributed by atoms with Crippen LogP contribution in [0, 0.1) is 5.92 Å². The third kappa shape index (κ3) is 5.89. The first-order valence-electron chi connectivity index (χ1n) is 5.73. The van der Waals surface area contributed by atoms with Crippen molar-refractivity contribution in [3.8, 4) is 0 Å². The van der Waals surface area contributed by atoms with E-state index in [1.165, 1.54) is 18.4 Å². The Balaban J connectivity index is 2.23. The minimum atomic E-state index is -0.578. The van der Waals surface area contributed by atoms with Gasteiger partial charge in [-0.05, 0) is 24.1 Å². The summed E-state index contributed by atoms with van der Waals surface area (Å²) < 4.78 is 9.76. The number of furan rings is 1. The fourth-order valence-corrected chi connectivity index (χ4v) is 1.09. The Morgan fingerprint density at radius 2 is 2.28 bits per heavy atom. The van der Waals surface area contributed by atoms with E-state index >= 15 is 0 Å². The summed E-state index contributed by atoms with van der Waals surface area (Å²) >= 11 is 0. The molecule has 0 aliphatic carbocycles. The minimum absolute atomic E-state index is 0.270. The molecule has 18 heavy (non-hydrogen) atoms. The Bertz CT molecular complexity index is 407. The number of amides is 1. The molecule has 5 heteroatoms. The van der Waals surface area contributed by atoms with Crippen molar-refractivity contribution in [1.82, 2.24) is 5.32 Å². The molecule has 0 atom stereocenters. The normalized spacial score (nSPS) is 10.8. The first kappa shape index (κ1) is 14.0. The SMILES string of the molecule is CC(C)CNC(=O)COC(=O)C=Cc1ccco1. The number of carbonyl (C=O) groups excluding carboxylic acids is 2. The third-order valence-electron chi connectivity index (χ3n) is 1.98. The topological polar surface area (TPSA) is 68.5 Å². The fraction of sp³-hybridized carbons (Fsp3) is 0.385. The highest BCUT2D eigenvalue weighted by molar-refractivity contribution is 5.88. The predicted molar refractivity (Wildman–Crippen MR) is 66.5 cm³/mol. The summed E-state index contributed by atoms with van der Waals surface area (Å²) in [6.45, 7) is 4.27. The van der Waals surface area contributed by atoms with Crippen LogP contribution >= 0.6 is 0 Å². The summed E-state index contributed by atoms with van der Waals surface area (Å²) in [6, 6.07) is 3.42. The van der Waals surface area contributed by atoms with Crippen LogP contribution in [-0.2, 0) is 14.3 Å². The lowest BCUT2D eigenvalue weighted by molar-refractivity contribution is -0.143. The molecule has 1 amide bonds. The van der Waals surface area contributed by atoms with E-state index in [2.05, 4.69) is 5.32 Å². The lowest BCUT2D eigenvalue weighted by Crippen LogP contribution is -2.31. The van der Waals surface area contributed by atoms with Crippen LogP contribution in [0.5, 0.6) is 0 Å². The number of carbonyl (C=O) groups is 2. The quantitative estimate of drug-likeness (QED) is 0.616. The molecule has 1 N–H and O–H groups in total. The Morgan fingerprint density at radius 3 is 2.89 bits per heavy atom. The molecular weight excluding hydrogens is 234 g/mol. The monoisotopic (exact) mass is 251 g/mol. The highest BCUT2D eigenvalue weighted by Crippen LogP contribution is 2.02. The molecule has 1 heterocycles. The van der Waals surface area contributed by atoms with Crippen LogP contribution in [-0.4, -0.2) is 25.0 Å². The van der Waals surface area contributed by atoms with Crippen molar-refractivity contribution in [1.29, 1.82) is 0 Å². The third-order valence-corrected chi connectivity index (χ3v) is 1.98. The molecule has 1 rings (SSSR count). The van der Waals surface area contributed by atoms with Crippen LogP contribution in [0.4, 0.5) is 0 Å². The van der Waals surface area contributed by atoms with E-state index in [0.717, 1.165) is 0 Å². The van der Waals surface area contributed by atoms with Gasteiger partial charge in [0.2, 0.25) is 0 Å². The zero-order valence-corrected chi connectivity index (χ0v) is 10.5. The van der Waals surface area contributed by atoms with Gasteiger partial charge in [0.05, 0.1) is 6.26 Å². The van der Waals surface area contributed by atoms with Gasteiger partial charge in [-0.2, -0.15) is 0 Å². The molecule has 0 aromatic carbocycles. The number of ether oxygens (including phenoxy) is 1. The Morgan fingerprint density at radius 1 is 1.50 bits per heavy atom. The predicted octanol–water partition coefficient (Wildman–Crippen LogP) is 1.61. The molecule has 1 aromatic rings. The van der Waals surface area contributed by atoms with Gasteiger partial charge in [0.1, 0.15) is 5.76 Å². The molecule has 0 aliphatic heterocycles. The smallest absolute Gasteiger partial charge is 0.331 e. The van der Waals surface area contributed by atoms with Crippen molar-refractivity contribution in [2.45, 2.75) is 13.8 Å². The second-order valence-corrected chi connectivity index (χ2v) is 4.15. The van der Waals surface area contributed by atoms with Crippen molar-refractivity contribution in [3.05, 3.63) is 30.2 Å². The van der Waals surface area contributed by atoms with Gasteiger partial charge in [-0.25, -0.2) is 4.79 Å². The van der Waals surface area contributed by atoms with E-state index in [1.54, 1.807) is 12.1 Å². The first-order valence-corrected chi connectivity index (χ1v) is 5.73.